The Morgan fingerprint density at radius 3 is 2.75 bits per heavy atom. The van der Waals surface area contributed by atoms with Crippen molar-refractivity contribution in [3.05, 3.63) is 71.9 Å². The number of fused-ring (bicyclic) bond motifs is 1. The molecule has 32 heavy (non-hydrogen) atoms. The second-order valence-corrected chi connectivity index (χ2v) is 8.23. The molecule has 0 radical (unpaired) electrons. The van der Waals surface area contributed by atoms with E-state index in [-0.39, 0.29) is 11.6 Å². The minimum atomic E-state index is -2.85. The summed E-state index contributed by atoms with van der Waals surface area (Å²) in [6, 6.07) is 11.6. The van der Waals surface area contributed by atoms with Crippen LogP contribution in [0.5, 0.6) is 0 Å². The summed E-state index contributed by atoms with van der Waals surface area (Å²) in [5.74, 6) is -0.351. The molecule has 1 aliphatic rings. The minimum Gasteiger partial charge on any atom is -0.358 e. The molecule has 3 aromatic heterocycles. The SMILES string of the molecule is Cc1ccc2[nH]c([C@H]3CCCN(C(=O)c4ccnn4C(F)F)C3)c(-c3ccncc3)c2c1. The third-order valence-electron chi connectivity index (χ3n) is 6.14. The van der Waals surface area contributed by atoms with Crippen LogP contribution >= 0.6 is 0 Å². The average Bonchev–Trinajstić information content (AvgIpc) is 3.44. The predicted molar refractivity (Wildman–Crippen MR) is 118 cm³/mol. The first-order valence-corrected chi connectivity index (χ1v) is 10.7. The van der Waals surface area contributed by atoms with E-state index in [0.29, 0.717) is 17.8 Å². The van der Waals surface area contributed by atoms with E-state index < -0.39 is 12.5 Å². The number of nitrogens with zero attached hydrogens (tertiary/aromatic N) is 4. The highest BCUT2D eigenvalue weighted by Gasteiger charge is 2.31. The molecule has 1 N–H and O–H groups in total. The number of benzene rings is 1. The second kappa shape index (κ2) is 8.18. The zero-order valence-electron chi connectivity index (χ0n) is 17.6. The van der Waals surface area contributed by atoms with Crippen LogP contribution in [0.1, 0.15) is 47.1 Å². The number of hydrogen-bond acceptors (Lipinski definition) is 3. The van der Waals surface area contributed by atoms with Crippen molar-refractivity contribution < 1.29 is 13.6 Å². The molecule has 4 aromatic rings. The van der Waals surface area contributed by atoms with Gasteiger partial charge in [0.05, 0.1) is 0 Å². The molecular weight excluding hydrogens is 412 g/mol. The first-order chi connectivity index (χ1) is 15.5. The van der Waals surface area contributed by atoms with Gasteiger partial charge in [0.1, 0.15) is 5.69 Å². The molecule has 1 amide bonds. The fourth-order valence-electron chi connectivity index (χ4n) is 4.66. The maximum atomic E-state index is 13.2. The number of piperidine rings is 1. The Morgan fingerprint density at radius 1 is 1.16 bits per heavy atom. The van der Waals surface area contributed by atoms with Crippen molar-refractivity contribution in [3.63, 3.8) is 0 Å². The standard InChI is InChI=1S/C24H23F2N5O/c1-15-4-5-19-18(13-15)21(16-6-9-27-10-7-16)22(29-19)17-3-2-12-30(14-17)23(32)20-8-11-28-31(20)24(25)26/h4-11,13,17,24,29H,2-3,12,14H2,1H3/t17-/m0/s1. The summed E-state index contributed by atoms with van der Waals surface area (Å²) in [7, 11) is 0. The van der Waals surface area contributed by atoms with Crippen molar-refractivity contribution >= 4 is 16.8 Å². The van der Waals surface area contributed by atoms with E-state index in [9.17, 15) is 13.6 Å². The number of hydrogen-bond donors (Lipinski definition) is 1. The average molecular weight is 435 g/mol. The Balaban J connectivity index is 1.53. The molecule has 0 unspecified atom stereocenters. The number of carbonyl (C=O) groups excluding carboxylic acids is 1. The van der Waals surface area contributed by atoms with Gasteiger partial charge in [-0.15, -0.1) is 0 Å². The van der Waals surface area contributed by atoms with Crippen LogP contribution in [0.3, 0.4) is 0 Å². The number of H-pyrrole nitrogens is 1. The van der Waals surface area contributed by atoms with E-state index in [0.717, 1.165) is 40.6 Å². The molecule has 0 aliphatic carbocycles. The summed E-state index contributed by atoms with van der Waals surface area (Å²) in [5, 5.41) is 4.74. The largest absolute Gasteiger partial charge is 0.358 e. The Hall–Kier alpha value is -3.55. The Bertz CT molecular complexity index is 1260. The van der Waals surface area contributed by atoms with Gasteiger partial charge in [-0.1, -0.05) is 11.6 Å². The molecule has 4 heterocycles. The predicted octanol–water partition coefficient (Wildman–Crippen LogP) is 5.15. The maximum absolute atomic E-state index is 13.2. The van der Waals surface area contributed by atoms with E-state index in [1.165, 1.54) is 17.8 Å². The van der Waals surface area contributed by atoms with Crippen LogP contribution < -0.4 is 0 Å². The summed E-state index contributed by atoms with van der Waals surface area (Å²) < 4.78 is 27.0. The van der Waals surface area contributed by atoms with Gasteiger partial charge in [-0.05, 0) is 55.7 Å². The Morgan fingerprint density at radius 2 is 1.97 bits per heavy atom. The first kappa shape index (κ1) is 20.4. The Labute approximate surface area is 183 Å². The third kappa shape index (κ3) is 3.55. The van der Waals surface area contributed by atoms with Crippen LogP contribution in [-0.2, 0) is 0 Å². The van der Waals surface area contributed by atoms with Crippen molar-refractivity contribution in [1.29, 1.82) is 0 Å². The lowest BCUT2D eigenvalue weighted by molar-refractivity contribution is 0.0449. The van der Waals surface area contributed by atoms with Crippen LogP contribution in [0.2, 0.25) is 0 Å². The molecule has 164 valence electrons. The zero-order valence-corrected chi connectivity index (χ0v) is 17.6. The van der Waals surface area contributed by atoms with Crippen LogP contribution in [-0.4, -0.2) is 43.6 Å². The molecule has 8 heteroatoms. The fraction of sp³-hybridized carbons (Fsp3) is 0.292. The van der Waals surface area contributed by atoms with Crippen molar-refractivity contribution in [2.24, 2.45) is 0 Å². The molecule has 0 spiro atoms. The van der Waals surface area contributed by atoms with Crippen LogP contribution in [0.25, 0.3) is 22.0 Å². The van der Waals surface area contributed by atoms with E-state index in [4.69, 9.17) is 0 Å². The van der Waals surface area contributed by atoms with Gasteiger partial charge in [0.2, 0.25) is 0 Å². The maximum Gasteiger partial charge on any atom is 0.333 e. The molecule has 1 aromatic carbocycles. The van der Waals surface area contributed by atoms with Gasteiger partial charge in [-0.25, -0.2) is 0 Å². The summed E-state index contributed by atoms with van der Waals surface area (Å²) in [4.78, 5) is 22.4. The lowest BCUT2D eigenvalue weighted by atomic mass is 9.89. The van der Waals surface area contributed by atoms with Crippen molar-refractivity contribution in [2.75, 3.05) is 13.1 Å². The highest BCUT2D eigenvalue weighted by molar-refractivity contribution is 5.98. The molecule has 1 fully saturated rings. The van der Waals surface area contributed by atoms with E-state index in [1.807, 2.05) is 12.1 Å². The summed E-state index contributed by atoms with van der Waals surface area (Å²) in [5.41, 5.74) is 5.36. The summed E-state index contributed by atoms with van der Waals surface area (Å²) >= 11 is 0. The topological polar surface area (TPSA) is 66.8 Å². The van der Waals surface area contributed by atoms with E-state index in [2.05, 4.69) is 40.2 Å². The van der Waals surface area contributed by atoms with Gasteiger partial charge >= 0.3 is 6.55 Å². The lowest BCUT2D eigenvalue weighted by Crippen LogP contribution is -2.40. The molecule has 1 saturated heterocycles. The number of aryl methyl sites for hydroxylation is 1. The van der Waals surface area contributed by atoms with Crippen molar-refractivity contribution in [2.45, 2.75) is 32.2 Å². The number of aromatic amines is 1. The summed E-state index contributed by atoms with van der Waals surface area (Å²) in [6.07, 6.45) is 6.49. The number of halogens is 2. The summed E-state index contributed by atoms with van der Waals surface area (Å²) in [6.45, 7) is 0.209. The number of rotatable bonds is 4. The molecule has 0 bridgehead atoms. The van der Waals surface area contributed by atoms with Crippen LogP contribution in [0.15, 0.2) is 55.0 Å². The fourth-order valence-corrected chi connectivity index (χ4v) is 4.66. The van der Waals surface area contributed by atoms with Crippen molar-refractivity contribution in [1.82, 2.24) is 24.6 Å². The molecule has 6 nitrogen and oxygen atoms in total. The Kier molecular flexibility index (Phi) is 5.20. The molecule has 0 saturated carbocycles. The van der Waals surface area contributed by atoms with E-state index in [1.54, 1.807) is 17.3 Å². The number of amides is 1. The first-order valence-electron chi connectivity index (χ1n) is 10.7. The monoisotopic (exact) mass is 435 g/mol. The van der Waals surface area contributed by atoms with Gasteiger partial charge < -0.3 is 9.88 Å². The molecular formula is C24H23F2N5O. The van der Waals surface area contributed by atoms with Crippen LogP contribution in [0, 0.1) is 6.92 Å². The highest BCUT2D eigenvalue weighted by Crippen LogP contribution is 2.39. The normalized spacial score (nSPS) is 16.8. The number of likely N-dealkylation sites (tertiary alicyclic amines) is 1. The lowest BCUT2D eigenvalue weighted by Gasteiger charge is -2.33. The third-order valence-corrected chi connectivity index (χ3v) is 6.14. The smallest absolute Gasteiger partial charge is 0.333 e. The van der Waals surface area contributed by atoms with Gasteiger partial charge in [-0.3, -0.25) is 9.78 Å². The van der Waals surface area contributed by atoms with E-state index >= 15 is 0 Å². The van der Waals surface area contributed by atoms with Crippen molar-refractivity contribution in [3.8, 4) is 11.1 Å². The van der Waals surface area contributed by atoms with Gasteiger partial charge in [0, 0.05) is 59.8 Å². The number of carbonyl (C=O) groups is 1. The molecule has 5 rings (SSSR count). The quantitative estimate of drug-likeness (QED) is 0.482. The van der Waals surface area contributed by atoms with Gasteiger partial charge in [0.25, 0.3) is 5.91 Å². The number of nitrogens with one attached hydrogen (secondary N) is 1. The van der Waals surface area contributed by atoms with Gasteiger partial charge in [-0.2, -0.15) is 18.6 Å². The highest BCUT2D eigenvalue weighted by atomic mass is 19.3. The molecule has 1 aliphatic heterocycles. The molecule has 1 atom stereocenters. The number of pyridine rings is 1. The zero-order chi connectivity index (χ0) is 22.2. The minimum absolute atomic E-state index is 0.0616. The van der Waals surface area contributed by atoms with Gasteiger partial charge in [0.15, 0.2) is 0 Å². The van der Waals surface area contributed by atoms with Crippen LogP contribution in [0.4, 0.5) is 8.78 Å². The number of aromatic nitrogens is 4. The number of alkyl halides is 2. The second-order valence-electron chi connectivity index (χ2n) is 8.23.